The summed E-state index contributed by atoms with van der Waals surface area (Å²) in [4.78, 5) is 28.0. The van der Waals surface area contributed by atoms with Crippen molar-refractivity contribution in [2.45, 2.75) is 31.8 Å². The highest BCUT2D eigenvalue weighted by Gasteiger charge is 2.31. The lowest BCUT2D eigenvalue weighted by Crippen LogP contribution is -2.54. The van der Waals surface area contributed by atoms with E-state index in [0.717, 1.165) is 0 Å². The van der Waals surface area contributed by atoms with Crippen LogP contribution in [0.4, 0.5) is 0 Å². The van der Waals surface area contributed by atoms with Crippen LogP contribution >= 0.6 is 0 Å². The largest absolute Gasteiger partial charge is 0.459 e. The third-order valence-electron chi connectivity index (χ3n) is 4.04. The standard InChI is InChI=1S/C15H21N3O3/c1-11(16-12-4-5-12)14(19)17-6-8-18(9-7-17)15(20)13-3-2-10-21-13/h2-3,10-12,16H,4-9H2,1H3. The highest BCUT2D eigenvalue weighted by molar-refractivity contribution is 5.91. The van der Waals surface area contributed by atoms with E-state index in [1.807, 2.05) is 11.8 Å². The fourth-order valence-electron chi connectivity index (χ4n) is 2.63. The fraction of sp³-hybridized carbons (Fsp3) is 0.600. The van der Waals surface area contributed by atoms with Crippen molar-refractivity contribution in [3.63, 3.8) is 0 Å². The average molecular weight is 291 g/mol. The lowest BCUT2D eigenvalue weighted by Gasteiger charge is -2.35. The first-order valence-corrected chi connectivity index (χ1v) is 7.53. The molecule has 114 valence electrons. The van der Waals surface area contributed by atoms with Crippen LogP contribution in [0.3, 0.4) is 0 Å². The predicted octanol–water partition coefficient (Wildman–Crippen LogP) is 0.705. The molecule has 2 amide bonds. The van der Waals surface area contributed by atoms with Gasteiger partial charge in [0.2, 0.25) is 5.91 Å². The van der Waals surface area contributed by atoms with Crippen molar-refractivity contribution in [2.24, 2.45) is 0 Å². The van der Waals surface area contributed by atoms with Crippen molar-refractivity contribution in [3.05, 3.63) is 24.2 Å². The Labute approximate surface area is 124 Å². The predicted molar refractivity (Wildman–Crippen MR) is 76.8 cm³/mol. The second kappa shape index (κ2) is 5.89. The summed E-state index contributed by atoms with van der Waals surface area (Å²) in [5.41, 5.74) is 0. The summed E-state index contributed by atoms with van der Waals surface area (Å²) >= 11 is 0. The Kier molecular flexibility index (Phi) is 3.96. The van der Waals surface area contributed by atoms with Crippen LogP contribution in [-0.4, -0.2) is 59.9 Å². The first-order valence-electron chi connectivity index (χ1n) is 7.53. The molecule has 3 rings (SSSR count). The Bertz CT molecular complexity index is 502. The summed E-state index contributed by atoms with van der Waals surface area (Å²) in [7, 11) is 0. The van der Waals surface area contributed by atoms with E-state index in [9.17, 15) is 9.59 Å². The molecule has 21 heavy (non-hydrogen) atoms. The molecule has 1 aliphatic carbocycles. The van der Waals surface area contributed by atoms with Gasteiger partial charge in [0.05, 0.1) is 12.3 Å². The monoisotopic (exact) mass is 291 g/mol. The summed E-state index contributed by atoms with van der Waals surface area (Å²) in [6.07, 6.45) is 3.84. The number of furan rings is 1. The van der Waals surface area contributed by atoms with Crippen molar-refractivity contribution in [1.82, 2.24) is 15.1 Å². The Morgan fingerprint density at radius 2 is 1.90 bits per heavy atom. The SMILES string of the molecule is CC(NC1CC1)C(=O)N1CCN(C(=O)c2ccco2)CC1. The van der Waals surface area contributed by atoms with Gasteiger partial charge < -0.3 is 19.5 Å². The minimum Gasteiger partial charge on any atom is -0.459 e. The molecule has 1 aromatic heterocycles. The summed E-state index contributed by atoms with van der Waals surface area (Å²) in [6.45, 7) is 4.20. The van der Waals surface area contributed by atoms with Crippen LogP contribution in [0.5, 0.6) is 0 Å². The summed E-state index contributed by atoms with van der Waals surface area (Å²) in [6, 6.07) is 3.76. The van der Waals surface area contributed by atoms with Crippen molar-refractivity contribution >= 4 is 11.8 Å². The molecule has 1 atom stereocenters. The number of hydrogen-bond acceptors (Lipinski definition) is 4. The summed E-state index contributed by atoms with van der Waals surface area (Å²) < 4.78 is 5.13. The second-order valence-corrected chi connectivity index (χ2v) is 5.76. The van der Waals surface area contributed by atoms with Gasteiger partial charge in [0.1, 0.15) is 0 Å². The molecule has 0 bridgehead atoms. The van der Waals surface area contributed by atoms with Crippen LogP contribution in [-0.2, 0) is 4.79 Å². The maximum Gasteiger partial charge on any atom is 0.289 e. The van der Waals surface area contributed by atoms with Crippen LogP contribution < -0.4 is 5.32 Å². The van der Waals surface area contributed by atoms with Crippen LogP contribution in [0, 0.1) is 0 Å². The van der Waals surface area contributed by atoms with Gasteiger partial charge in [-0.2, -0.15) is 0 Å². The molecule has 6 heteroatoms. The van der Waals surface area contributed by atoms with E-state index in [1.165, 1.54) is 19.1 Å². The smallest absolute Gasteiger partial charge is 0.289 e. The molecule has 0 radical (unpaired) electrons. The zero-order valence-electron chi connectivity index (χ0n) is 12.2. The van der Waals surface area contributed by atoms with Crippen LogP contribution in [0.2, 0.25) is 0 Å². The molecule has 1 aromatic rings. The van der Waals surface area contributed by atoms with Gasteiger partial charge in [-0.25, -0.2) is 0 Å². The van der Waals surface area contributed by atoms with E-state index < -0.39 is 0 Å². The molecule has 1 N–H and O–H groups in total. The maximum absolute atomic E-state index is 12.3. The molecule has 2 aliphatic rings. The third kappa shape index (κ3) is 3.26. The van der Waals surface area contributed by atoms with Crippen molar-refractivity contribution in [1.29, 1.82) is 0 Å². The maximum atomic E-state index is 12.3. The first-order chi connectivity index (χ1) is 10.1. The topological polar surface area (TPSA) is 65.8 Å². The van der Waals surface area contributed by atoms with Crippen LogP contribution in [0.1, 0.15) is 30.3 Å². The van der Waals surface area contributed by atoms with E-state index in [1.54, 1.807) is 17.0 Å². The Morgan fingerprint density at radius 1 is 1.24 bits per heavy atom. The lowest BCUT2D eigenvalue weighted by atomic mass is 10.2. The number of carbonyl (C=O) groups is 2. The molecule has 2 fully saturated rings. The van der Waals surface area contributed by atoms with E-state index in [-0.39, 0.29) is 17.9 Å². The van der Waals surface area contributed by atoms with Gasteiger partial charge >= 0.3 is 0 Å². The zero-order valence-corrected chi connectivity index (χ0v) is 12.2. The highest BCUT2D eigenvalue weighted by Crippen LogP contribution is 2.20. The van der Waals surface area contributed by atoms with Gasteiger partial charge in [-0.15, -0.1) is 0 Å². The summed E-state index contributed by atoms with van der Waals surface area (Å²) in [5, 5.41) is 3.32. The molecule has 1 unspecified atom stereocenters. The minimum absolute atomic E-state index is 0.101. The van der Waals surface area contributed by atoms with Gasteiger partial charge in [-0.05, 0) is 31.9 Å². The van der Waals surface area contributed by atoms with Gasteiger partial charge in [0.25, 0.3) is 5.91 Å². The van der Waals surface area contributed by atoms with Crippen LogP contribution in [0.25, 0.3) is 0 Å². The quantitative estimate of drug-likeness (QED) is 0.887. The number of piperazine rings is 1. The normalized spacial score (nSPS) is 20.4. The van der Waals surface area contributed by atoms with Crippen LogP contribution in [0.15, 0.2) is 22.8 Å². The van der Waals surface area contributed by atoms with Gasteiger partial charge in [-0.3, -0.25) is 9.59 Å². The van der Waals surface area contributed by atoms with Gasteiger partial charge in [-0.1, -0.05) is 0 Å². The average Bonchev–Trinajstić information content (AvgIpc) is 3.15. The number of hydrogen-bond donors (Lipinski definition) is 1. The second-order valence-electron chi connectivity index (χ2n) is 5.76. The third-order valence-corrected chi connectivity index (χ3v) is 4.04. The molecule has 1 saturated heterocycles. The lowest BCUT2D eigenvalue weighted by molar-refractivity contribution is -0.134. The number of nitrogens with one attached hydrogen (secondary N) is 1. The molecule has 0 spiro atoms. The first kappa shape index (κ1) is 14.1. The number of amides is 2. The van der Waals surface area contributed by atoms with Crippen molar-refractivity contribution in [2.75, 3.05) is 26.2 Å². The number of carbonyl (C=O) groups excluding carboxylic acids is 2. The van der Waals surface area contributed by atoms with E-state index in [0.29, 0.717) is 38.0 Å². The molecule has 0 aromatic carbocycles. The number of nitrogens with zero attached hydrogens (tertiary/aromatic N) is 2. The van der Waals surface area contributed by atoms with Crippen molar-refractivity contribution < 1.29 is 14.0 Å². The Balaban J connectivity index is 1.50. The van der Waals surface area contributed by atoms with Gasteiger partial charge in [0.15, 0.2) is 5.76 Å². The molecule has 6 nitrogen and oxygen atoms in total. The molecule has 1 aliphatic heterocycles. The highest BCUT2D eigenvalue weighted by atomic mass is 16.3. The van der Waals surface area contributed by atoms with E-state index in [4.69, 9.17) is 4.42 Å². The Hall–Kier alpha value is -1.82. The van der Waals surface area contributed by atoms with Crippen molar-refractivity contribution in [3.8, 4) is 0 Å². The molecule has 2 heterocycles. The fourth-order valence-corrected chi connectivity index (χ4v) is 2.63. The zero-order chi connectivity index (χ0) is 14.8. The summed E-state index contributed by atoms with van der Waals surface area (Å²) in [5.74, 6) is 0.391. The van der Waals surface area contributed by atoms with E-state index in [2.05, 4.69) is 5.32 Å². The van der Waals surface area contributed by atoms with E-state index >= 15 is 0 Å². The Morgan fingerprint density at radius 3 is 2.48 bits per heavy atom. The van der Waals surface area contributed by atoms with Gasteiger partial charge in [0, 0.05) is 32.2 Å². The molecular weight excluding hydrogens is 270 g/mol. The molecular formula is C15H21N3O3. The number of rotatable bonds is 4. The molecule has 1 saturated carbocycles. The minimum atomic E-state index is -0.134.